The summed E-state index contributed by atoms with van der Waals surface area (Å²) in [6.07, 6.45) is 1.74. The van der Waals surface area contributed by atoms with Gasteiger partial charge in [0, 0.05) is 17.9 Å². The molecule has 0 spiro atoms. The van der Waals surface area contributed by atoms with E-state index in [-0.39, 0.29) is 5.91 Å². The van der Waals surface area contributed by atoms with Crippen LogP contribution in [0, 0.1) is 13.8 Å². The molecule has 3 aromatic rings. The van der Waals surface area contributed by atoms with Crippen molar-refractivity contribution in [1.82, 2.24) is 4.98 Å². The molecule has 0 fully saturated rings. The number of hydrogen-bond acceptors (Lipinski definition) is 3. The highest BCUT2D eigenvalue weighted by atomic mass is 16.1. The summed E-state index contributed by atoms with van der Waals surface area (Å²) in [5, 5.41) is 2.91. The molecule has 4 heteroatoms. The SMILES string of the molecule is CCN(c1ccccc1)c1ccc(C(=O)Nc2ccc(C)c(C)c2)nc1. The highest BCUT2D eigenvalue weighted by Crippen LogP contribution is 2.24. The van der Waals surface area contributed by atoms with Gasteiger partial charge in [-0.3, -0.25) is 4.79 Å². The van der Waals surface area contributed by atoms with Gasteiger partial charge in [-0.2, -0.15) is 0 Å². The summed E-state index contributed by atoms with van der Waals surface area (Å²) in [7, 11) is 0. The second-order valence-electron chi connectivity index (χ2n) is 6.23. The Morgan fingerprint density at radius 1 is 0.962 bits per heavy atom. The lowest BCUT2D eigenvalue weighted by Crippen LogP contribution is -2.18. The number of aromatic nitrogens is 1. The molecule has 1 heterocycles. The van der Waals surface area contributed by atoms with E-state index in [4.69, 9.17) is 0 Å². The van der Waals surface area contributed by atoms with E-state index in [1.54, 1.807) is 12.3 Å². The zero-order valence-corrected chi connectivity index (χ0v) is 15.4. The van der Waals surface area contributed by atoms with Crippen molar-refractivity contribution in [3.63, 3.8) is 0 Å². The smallest absolute Gasteiger partial charge is 0.274 e. The normalized spacial score (nSPS) is 10.4. The summed E-state index contributed by atoms with van der Waals surface area (Å²) in [5.74, 6) is -0.206. The molecule has 0 unspecified atom stereocenters. The van der Waals surface area contributed by atoms with Crippen LogP contribution in [0.15, 0.2) is 66.9 Å². The molecule has 2 aromatic carbocycles. The molecule has 0 aliphatic rings. The minimum Gasteiger partial charge on any atom is -0.341 e. The largest absolute Gasteiger partial charge is 0.341 e. The third kappa shape index (κ3) is 3.91. The van der Waals surface area contributed by atoms with Crippen molar-refractivity contribution in [2.75, 3.05) is 16.8 Å². The minimum absolute atomic E-state index is 0.206. The first-order valence-corrected chi connectivity index (χ1v) is 8.75. The maximum absolute atomic E-state index is 12.4. The van der Waals surface area contributed by atoms with Crippen LogP contribution in [0.25, 0.3) is 0 Å². The van der Waals surface area contributed by atoms with E-state index in [9.17, 15) is 4.79 Å². The molecule has 0 aliphatic heterocycles. The van der Waals surface area contributed by atoms with Crippen molar-refractivity contribution in [3.05, 3.63) is 83.7 Å². The van der Waals surface area contributed by atoms with Crippen molar-refractivity contribution in [3.8, 4) is 0 Å². The Morgan fingerprint density at radius 3 is 2.35 bits per heavy atom. The molecule has 0 bridgehead atoms. The summed E-state index contributed by atoms with van der Waals surface area (Å²) in [6, 6.07) is 19.7. The first kappa shape index (κ1) is 17.7. The third-order valence-electron chi connectivity index (χ3n) is 4.44. The third-order valence-corrected chi connectivity index (χ3v) is 4.44. The van der Waals surface area contributed by atoms with Crippen LogP contribution in [0.3, 0.4) is 0 Å². The molecule has 1 amide bonds. The number of nitrogens with one attached hydrogen (secondary N) is 1. The van der Waals surface area contributed by atoms with Gasteiger partial charge in [0.2, 0.25) is 0 Å². The molecule has 0 saturated carbocycles. The number of anilines is 3. The lowest BCUT2D eigenvalue weighted by atomic mass is 10.1. The van der Waals surface area contributed by atoms with Crippen LogP contribution in [-0.4, -0.2) is 17.4 Å². The van der Waals surface area contributed by atoms with Gasteiger partial charge in [-0.1, -0.05) is 24.3 Å². The molecule has 26 heavy (non-hydrogen) atoms. The summed E-state index contributed by atoms with van der Waals surface area (Å²) < 4.78 is 0. The minimum atomic E-state index is -0.206. The fourth-order valence-corrected chi connectivity index (χ4v) is 2.82. The van der Waals surface area contributed by atoms with Gasteiger partial charge in [-0.05, 0) is 68.3 Å². The number of carbonyl (C=O) groups is 1. The Bertz CT molecular complexity index is 889. The van der Waals surface area contributed by atoms with Crippen molar-refractivity contribution in [2.24, 2.45) is 0 Å². The molecular formula is C22H23N3O. The Hall–Kier alpha value is -3.14. The summed E-state index contributed by atoms with van der Waals surface area (Å²) in [5.41, 5.74) is 5.59. The van der Waals surface area contributed by atoms with Gasteiger partial charge >= 0.3 is 0 Å². The van der Waals surface area contributed by atoms with E-state index < -0.39 is 0 Å². The predicted octanol–water partition coefficient (Wildman–Crippen LogP) is 5.11. The zero-order chi connectivity index (χ0) is 18.5. The van der Waals surface area contributed by atoms with Crippen LogP contribution in [-0.2, 0) is 0 Å². The van der Waals surface area contributed by atoms with Gasteiger partial charge < -0.3 is 10.2 Å². The van der Waals surface area contributed by atoms with Crippen molar-refractivity contribution < 1.29 is 4.79 Å². The topological polar surface area (TPSA) is 45.2 Å². The molecule has 0 radical (unpaired) electrons. The van der Waals surface area contributed by atoms with E-state index in [1.165, 1.54) is 5.56 Å². The summed E-state index contributed by atoms with van der Waals surface area (Å²) in [6.45, 7) is 6.99. The van der Waals surface area contributed by atoms with Crippen LogP contribution in [0.5, 0.6) is 0 Å². The highest BCUT2D eigenvalue weighted by molar-refractivity contribution is 6.03. The lowest BCUT2D eigenvalue weighted by Gasteiger charge is -2.23. The van der Waals surface area contributed by atoms with Gasteiger partial charge in [0.25, 0.3) is 5.91 Å². The second-order valence-corrected chi connectivity index (χ2v) is 6.23. The van der Waals surface area contributed by atoms with Crippen LogP contribution in [0.4, 0.5) is 17.1 Å². The fraction of sp³-hybridized carbons (Fsp3) is 0.182. The number of pyridine rings is 1. The quantitative estimate of drug-likeness (QED) is 0.699. The van der Waals surface area contributed by atoms with Crippen molar-refractivity contribution >= 4 is 23.0 Å². The van der Waals surface area contributed by atoms with Crippen molar-refractivity contribution in [2.45, 2.75) is 20.8 Å². The predicted molar refractivity (Wildman–Crippen MR) is 107 cm³/mol. The molecular weight excluding hydrogens is 322 g/mol. The maximum atomic E-state index is 12.4. The molecule has 0 saturated heterocycles. The van der Waals surface area contributed by atoms with E-state index in [2.05, 4.69) is 34.3 Å². The van der Waals surface area contributed by atoms with Crippen LogP contribution in [0.2, 0.25) is 0 Å². The maximum Gasteiger partial charge on any atom is 0.274 e. The number of aryl methyl sites for hydroxylation is 2. The lowest BCUT2D eigenvalue weighted by molar-refractivity contribution is 0.102. The van der Waals surface area contributed by atoms with Gasteiger partial charge in [-0.25, -0.2) is 4.98 Å². The zero-order valence-electron chi connectivity index (χ0n) is 15.4. The number of para-hydroxylation sites is 1. The average molecular weight is 345 g/mol. The highest BCUT2D eigenvalue weighted by Gasteiger charge is 2.11. The van der Waals surface area contributed by atoms with E-state index in [0.29, 0.717) is 5.69 Å². The Kier molecular flexibility index (Phi) is 5.32. The number of rotatable bonds is 5. The number of nitrogens with zero attached hydrogens (tertiary/aromatic N) is 2. The molecule has 3 rings (SSSR count). The second kappa shape index (κ2) is 7.83. The van der Waals surface area contributed by atoms with Crippen LogP contribution in [0.1, 0.15) is 28.5 Å². The Labute approximate surface area is 154 Å². The molecule has 0 atom stereocenters. The van der Waals surface area contributed by atoms with Crippen LogP contribution >= 0.6 is 0 Å². The summed E-state index contributed by atoms with van der Waals surface area (Å²) in [4.78, 5) is 18.9. The van der Waals surface area contributed by atoms with Crippen LogP contribution < -0.4 is 10.2 Å². The van der Waals surface area contributed by atoms with Gasteiger partial charge in [-0.15, -0.1) is 0 Å². The van der Waals surface area contributed by atoms with E-state index in [1.807, 2.05) is 56.3 Å². The van der Waals surface area contributed by atoms with Crippen molar-refractivity contribution in [1.29, 1.82) is 0 Å². The fourth-order valence-electron chi connectivity index (χ4n) is 2.82. The van der Waals surface area contributed by atoms with Gasteiger partial charge in [0.05, 0.1) is 11.9 Å². The first-order valence-electron chi connectivity index (χ1n) is 8.75. The molecule has 4 nitrogen and oxygen atoms in total. The number of amides is 1. The number of benzene rings is 2. The van der Waals surface area contributed by atoms with E-state index >= 15 is 0 Å². The molecule has 1 aromatic heterocycles. The molecule has 132 valence electrons. The Balaban J connectivity index is 1.76. The number of carbonyl (C=O) groups excluding carboxylic acids is 1. The van der Waals surface area contributed by atoms with Gasteiger partial charge in [0.1, 0.15) is 5.69 Å². The van der Waals surface area contributed by atoms with E-state index in [0.717, 1.165) is 29.2 Å². The van der Waals surface area contributed by atoms with Gasteiger partial charge in [0.15, 0.2) is 0 Å². The number of hydrogen-bond donors (Lipinski definition) is 1. The molecule has 0 aliphatic carbocycles. The molecule has 1 N–H and O–H groups in total. The Morgan fingerprint density at radius 2 is 1.73 bits per heavy atom. The first-order chi connectivity index (χ1) is 12.6. The standard InChI is InChI=1S/C22H23N3O/c1-4-25(19-8-6-5-7-9-19)20-12-13-21(23-15-20)22(26)24-18-11-10-16(2)17(3)14-18/h5-15H,4H2,1-3H3,(H,24,26). The average Bonchev–Trinajstić information content (AvgIpc) is 2.67. The monoisotopic (exact) mass is 345 g/mol. The summed E-state index contributed by atoms with van der Waals surface area (Å²) >= 11 is 0.